The van der Waals surface area contributed by atoms with Gasteiger partial charge in [0.25, 0.3) is 0 Å². The summed E-state index contributed by atoms with van der Waals surface area (Å²) in [6.45, 7) is 1.43. The van der Waals surface area contributed by atoms with Crippen LogP contribution < -0.4 is 15.7 Å². The van der Waals surface area contributed by atoms with Crippen molar-refractivity contribution in [1.82, 2.24) is 0 Å². The van der Waals surface area contributed by atoms with E-state index in [-0.39, 0.29) is 5.91 Å². The highest BCUT2D eigenvalue weighted by molar-refractivity contribution is 5.90. The predicted octanol–water partition coefficient (Wildman–Crippen LogP) is 3.54. The maximum absolute atomic E-state index is 11.3. The monoisotopic (exact) mass is 295 g/mol. The van der Waals surface area contributed by atoms with Crippen molar-refractivity contribution in [2.75, 3.05) is 5.32 Å². The third-order valence-corrected chi connectivity index (χ3v) is 3.02. The van der Waals surface area contributed by atoms with Crippen LogP contribution in [0.3, 0.4) is 0 Å². The van der Waals surface area contributed by atoms with Gasteiger partial charge in [-0.15, -0.1) is 0 Å². The van der Waals surface area contributed by atoms with Crippen LogP contribution in [0.15, 0.2) is 63.8 Å². The zero-order valence-corrected chi connectivity index (χ0v) is 11.8. The number of hydrogen-bond acceptors (Lipinski definition) is 4. The van der Waals surface area contributed by atoms with Crippen molar-refractivity contribution >= 4 is 22.6 Å². The number of carbonyl (C=O) groups excluding carboxylic acids is 1. The number of anilines is 1. The molecule has 0 spiro atoms. The third-order valence-electron chi connectivity index (χ3n) is 3.02. The molecule has 0 radical (unpaired) electrons. The maximum atomic E-state index is 11.3. The number of hydrogen-bond donors (Lipinski definition) is 1. The molecule has 0 atom stereocenters. The first-order chi connectivity index (χ1) is 10.6. The number of nitrogens with one attached hydrogen (secondary N) is 1. The molecule has 3 aromatic rings. The third kappa shape index (κ3) is 2.98. The minimum absolute atomic E-state index is 0.180. The number of para-hydroxylation sites is 2. The first kappa shape index (κ1) is 13.9. The number of fused-ring (bicyclic) bond motifs is 1. The van der Waals surface area contributed by atoms with Crippen LogP contribution in [0.2, 0.25) is 0 Å². The van der Waals surface area contributed by atoms with E-state index in [1.54, 1.807) is 42.5 Å². The van der Waals surface area contributed by atoms with Gasteiger partial charge in [-0.1, -0.05) is 12.1 Å². The Labute approximate surface area is 126 Å². The Morgan fingerprint density at radius 2 is 1.86 bits per heavy atom. The van der Waals surface area contributed by atoms with E-state index in [0.29, 0.717) is 22.8 Å². The van der Waals surface area contributed by atoms with E-state index in [4.69, 9.17) is 9.15 Å². The number of benzene rings is 2. The fourth-order valence-electron chi connectivity index (χ4n) is 2.08. The Balaban J connectivity index is 1.96. The molecule has 0 aliphatic rings. The molecule has 110 valence electrons. The van der Waals surface area contributed by atoms with Crippen molar-refractivity contribution in [3.05, 3.63) is 65.0 Å². The van der Waals surface area contributed by atoms with Gasteiger partial charge in [0.2, 0.25) is 5.91 Å². The van der Waals surface area contributed by atoms with E-state index >= 15 is 0 Å². The molecule has 1 aromatic heterocycles. The van der Waals surface area contributed by atoms with Gasteiger partial charge in [0.1, 0.15) is 11.3 Å². The highest BCUT2D eigenvalue weighted by Gasteiger charge is 2.07. The van der Waals surface area contributed by atoms with Crippen molar-refractivity contribution in [2.24, 2.45) is 0 Å². The zero-order valence-electron chi connectivity index (χ0n) is 11.8. The molecule has 0 bridgehead atoms. The molecular formula is C17H13NO4. The Kier molecular flexibility index (Phi) is 3.62. The number of carbonyl (C=O) groups is 1. The molecular weight excluding hydrogens is 282 g/mol. The van der Waals surface area contributed by atoms with Crippen molar-refractivity contribution in [2.45, 2.75) is 6.92 Å². The first-order valence-corrected chi connectivity index (χ1v) is 6.70. The molecule has 1 amide bonds. The standard InChI is InChI=1S/C17H13NO4/c1-11(19)18-14-4-2-3-5-15(14)21-13-8-6-12-7-9-17(20)22-16(12)10-13/h2-10H,1H3,(H,18,19). The molecule has 5 nitrogen and oxygen atoms in total. The Morgan fingerprint density at radius 3 is 2.68 bits per heavy atom. The second-order valence-corrected chi connectivity index (χ2v) is 4.73. The van der Waals surface area contributed by atoms with Crippen molar-refractivity contribution < 1.29 is 13.9 Å². The molecule has 0 aliphatic carbocycles. The van der Waals surface area contributed by atoms with Gasteiger partial charge in [0.05, 0.1) is 5.69 Å². The second kappa shape index (κ2) is 5.73. The lowest BCUT2D eigenvalue weighted by atomic mass is 10.2. The summed E-state index contributed by atoms with van der Waals surface area (Å²) in [6, 6.07) is 15.4. The summed E-state index contributed by atoms with van der Waals surface area (Å²) >= 11 is 0. The van der Waals surface area contributed by atoms with Crippen LogP contribution in [-0.2, 0) is 4.79 Å². The highest BCUT2D eigenvalue weighted by atomic mass is 16.5. The minimum atomic E-state index is -0.414. The van der Waals surface area contributed by atoms with Crippen LogP contribution in [0.5, 0.6) is 11.5 Å². The van der Waals surface area contributed by atoms with Gasteiger partial charge in [-0.05, 0) is 30.3 Å². The van der Waals surface area contributed by atoms with Crippen molar-refractivity contribution in [3.63, 3.8) is 0 Å². The summed E-state index contributed by atoms with van der Waals surface area (Å²) < 4.78 is 10.9. The quantitative estimate of drug-likeness (QED) is 0.750. The van der Waals surface area contributed by atoms with Gasteiger partial charge in [-0.2, -0.15) is 0 Å². The van der Waals surface area contributed by atoms with E-state index < -0.39 is 5.63 Å². The molecule has 0 saturated heterocycles. The molecule has 3 rings (SSSR count). The summed E-state index contributed by atoms with van der Waals surface area (Å²) in [5.41, 5.74) is 0.606. The van der Waals surface area contributed by atoms with Crippen LogP contribution in [0.25, 0.3) is 11.0 Å². The molecule has 0 saturated carbocycles. The summed E-state index contributed by atoms with van der Waals surface area (Å²) in [5, 5.41) is 3.51. The van der Waals surface area contributed by atoms with Crippen LogP contribution in [0, 0.1) is 0 Å². The molecule has 22 heavy (non-hydrogen) atoms. The number of rotatable bonds is 3. The molecule has 0 aliphatic heterocycles. The summed E-state index contributed by atoms with van der Waals surface area (Å²) in [6.07, 6.45) is 0. The van der Waals surface area contributed by atoms with E-state index in [1.807, 2.05) is 6.07 Å². The number of amides is 1. The molecule has 1 heterocycles. The Morgan fingerprint density at radius 1 is 1.09 bits per heavy atom. The predicted molar refractivity (Wildman–Crippen MR) is 83.3 cm³/mol. The van der Waals surface area contributed by atoms with Crippen LogP contribution >= 0.6 is 0 Å². The van der Waals surface area contributed by atoms with Gasteiger partial charge < -0.3 is 14.5 Å². The number of ether oxygens (including phenoxy) is 1. The smallest absolute Gasteiger partial charge is 0.336 e. The molecule has 0 fully saturated rings. The molecule has 2 aromatic carbocycles. The summed E-state index contributed by atoms with van der Waals surface area (Å²) in [4.78, 5) is 22.5. The maximum Gasteiger partial charge on any atom is 0.336 e. The largest absolute Gasteiger partial charge is 0.455 e. The normalized spacial score (nSPS) is 10.4. The van der Waals surface area contributed by atoms with E-state index in [2.05, 4.69) is 5.32 Å². The zero-order chi connectivity index (χ0) is 15.5. The van der Waals surface area contributed by atoms with Crippen LogP contribution in [0.1, 0.15) is 6.92 Å². The van der Waals surface area contributed by atoms with Gasteiger partial charge >= 0.3 is 5.63 Å². The average molecular weight is 295 g/mol. The van der Waals surface area contributed by atoms with Gasteiger partial charge in [0, 0.05) is 24.4 Å². The molecule has 1 N–H and O–H groups in total. The Bertz CT molecular complexity index is 898. The minimum Gasteiger partial charge on any atom is -0.455 e. The lowest BCUT2D eigenvalue weighted by Crippen LogP contribution is -2.06. The average Bonchev–Trinajstić information content (AvgIpc) is 2.48. The van der Waals surface area contributed by atoms with Gasteiger partial charge in [-0.3, -0.25) is 4.79 Å². The van der Waals surface area contributed by atoms with E-state index in [1.165, 1.54) is 13.0 Å². The second-order valence-electron chi connectivity index (χ2n) is 4.73. The van der Waals surface area contributed by atoms with Crippen LogP contribution in [-0.4, -0.2) is 5.91 Å². The summed E-state index contributed by atoms with van der Waals surface area (Å²) in [7, 11) is 0. The van der Waals surface area contributed by atoms with Gasteiger partial charge in [-0.25, -0.2) is 4.79 Å². The van der Waals surface area contributed by atoms with Crippen LogP contribution in [0.4, 0.5) is 5.69 Å². The fraction of sp³-hybridized carbons (Fsp3) is 0.0588. The lowest BCUT2D eigenvalue weighted by Gasteiger charge is -2.11. The van der Waals surface area contributed by atoms with Crippen molar-refractivity contribution in [3.8, 4) is 11.5 Å². The van der Waals surface area contributed by atoms with E-state index in [9.17, 15) is 9.59 Å². The summed E-state index contributed by atoms with van der Waals surface area (Å²) in [5.74, 6) is 0.843. The SMILES string of the molecule is CC(=O)Nc1ccccc1Oc1ccc2ccc(=O)oc2c1. The van der Waals surface area contributed by atoms with Crippen molar-refractivity contribution in [1.29, 1.82) is 0 Å². The topological polar surface area (TPSA) is 68.5 Å². The first-order valence-electron chi connectivity index (χ1n) is 6.70. The van der Waals surface area contributed by atoms with Gasteiger partial charge in [0.15, 0.2) is 5.75 Å². The highest BCUT2D eigenvalue weighted by Crippen LogP contribution is 2.30. The lowest BCUT2D eigenvalue weighted by molar-refractivity contribution is -0.114. The fourth-order valence-corrected chi connectivity index (χ4v) is 2.08. The molecule has 5 heteroatoms. The molecule has 0 unspecified atom stereocenters. The Hall–Kier alpha value is -3.08. The van der Waals surface area contributed by atoms with E-state index in [0.717, 1.165) is 5.39 Å².